The number of imide groups is 1. The summed E-state index contributed by atoms with van der Waals surface area (Å²) < 4.78 is 4.63. The van der Waals surface area contributed by atoms with Gasteiger partial charge in [0.1, 0.15) is 5.54 Å². The zero-order valence-electron chi connectivity index (χ0n) is 14.3. The lowest BCUT2D eigenvalue weighted by molar-refractivity contribution is -0.131. The first-order valence-electron chi connectivity index (χ1n) is 7.90. The smallest absolute Gasteiger partial charge is 0.346 e. The number of amides is 3. The molecule has 3 rings (SSSR count). The molecule has 7 heteroatoms. The average molecular weight is 351 g/mol. The van der Waals surface area contributed by atoms with Crippen molar-refractivity contribution in [1.29, 1.82) is 0 Å². The summed E-state index contributed by atoms with van der Waals surface area (Å²) in [6, 6.07) is 14.8. The van der Waals surface area contributed by atoms with Gasteiger partial charge in [-0.3, -0.25) is 4.79 Å². The molecule has 1 fully saturated rings. The Balaban J connectivity index is 1.80. The van der Waals surface area contributed by atoms with Crippen LogP contribution in [0, 0.1) is 0 Å². The van der Waals surface area contributed by atoms with E-state index in [1.54, 1.807) is 55.5 Å². The molecule has 7 nitrogen and oxygen atoms in total. The van der Waals surface area contributed by atoms with Crippen LogP contribution >= 0.6 is 0 Å². The molecule has 1 aliphatic heterocycles. The van der Waals surface area contributed by atoms with E-state index in [2.05, 4.69) is 15.2 Å². The molecular weight excluding hydrogens is 334 g/mol. The Kier molecular flexibility index (Phi) is 4.53. The van der Waals surface area contributed by atoms with E-state index in [4.69, 9.17) is 0 Å². The minimum atomic E-state index is -1.16. The van der Waals surface area contributed by atoms with Gasteiger partial charge in [0.15, 0.2) is 0 Å². The number of hydrogen-bond acceptors (Lipinski definition) is 5. The van der Waals surface area contributed by atoms with Crippen molar-refractivity contribution >= 4 is 24.1 Å². The zero-order valence-corrected chi connectivity index (χ0v) is 14.3. The van der Waals surface area contributed by atoms with Gasteiger partial charge in [-0.15, -0.1) is 5.01 Å². The van der Waals surface area contributed by atoms with Crippen LogP contribution in [-0.4, -0.2) is 36.2 Å². The van der Waals surface area contributed by atoms with E-state index in [9.17, 15) is 14.4 Å². The van der Waals surface area contributed by atoms with Gasteiger partial charge < -0.3 is 10.1 Å². The lowest BCUT2D eigenvalue weighted by Gasteiger charge is -2.20. The van der Waals surface area contributed by atoms with Crippen LogP contribution < -0.4 is 5.32 Å². The Labute approximate surface area is 150 Å². The van der Waals surface area contributed by atoms with Crippen LogP contribution in [-0.2, 0) is 15.1 Å². The third-order valence-corrected chi connectivity index (χ3v) is 4.17. The van der Waals surface area contributed by atoms with Crippen LogP contribution in [0.2, 0.25) is 0 Å². The largest absolute Gasteiger partial charge is 0.465 e. The van der Waals surface area contributed by atoms with Gasteiger partial charge in [-0.1, -0.05) is 42.5 Å². The van der Waals surface area contributed by atoms with Gasteiger partial charge in [0.2, 0.25) is 0 Å². The first-order chi connectivity index (χ1) is 12.5. The van der Waals surface area contributed by atoms with Gasteiger partial charge in [0.25, 0.3) is 5.91 Å². The summed E-state index contributed by atoms with van der Waals surface area (Å²) in [7, 11) is 1.30. The molecule has 1 saturated heterocycles. The molecule has 0 unspecified atom stereocenters. The molecular formula is C19H17N3O4. The monoisotopic (exact) mass is 351 g/mol. The van der Waals surface area contributed by atoms with Gasteiger partial charge in [0, 0.05) is 0 Å². The van der Waals surface area contributed by atoms with E-state index in [-0.39, 0.29) is 0 Å². The molecule has 0 bridgehead atoms. The average Bonchev–Trinajstić information content (AvgIpc) is 2.90. The number of nitrogens with zero attached hydrogens (tertiary/aromatic N) is 2. The summed E-state index contributed by atoms with van der Waals surface area (Å²) in [5.74, 6) is -0.905. The molecule has 0 aliphatic carbocycles. The van der Waals surface area contributed by atoms with Gasteiger partial charge in [-0.25, -0.2) is 9.59 Å². The Bertz CT molecular complexity index is 877. The topological polar surface area (TPSA) is 88.1 Å². The van der Waals surface area contributed by atoms with E-state index in [1.807, 2.05) is 6.07 Å². The number of urea groups is 1. The van der Waals surface area contributed by atoms with Gasteiger partial charge in [0.05, 0.1) is 18.9 Å². The van der Waals surface area contributed by atoms with Crippen molar-refractivity contribution in [3.8, 4) is 0 Å². The fourth-order valence-corrected chi connectivity index (χ4v) is 2.64. The van der Waals surface area contributed by atoms with Crippen molar-refractivity contribution < 1.29 is 19.1 Å². The van der Waals surface area contributed by atoms with Crippen molar-refractivity contribution in [3.05, 3.63) is 71.3 Å². The van der Waals surface area contributed by atoms with Crippen LogP contribution in [0.5, 0.6) is 0 Å². The van der Waals surface area contributed by atoms with Crippen molar-refractivity contribution in [2.75, 3.05) is 7.11 Å². The van der Waals surface area contributed by atoms with Crippen molar-refractivity contribution in [2.45, 2.75) is 12.5 Å². The summed E-state index contributed by atoms with van der Waals surface area (Å²) in [6.07, 6.45) is 1.38. The summed E-state index contributed by atoms with van der Waals surface area (Å²) in [5.41, 5.74) is 0.547. The molecule has 26 heavy (non-hydrogen) atoms. The number of benzene rings is 2. The Morgan fingerprint density at radius 3 is 2.38 bits per heavy atom. The van der Waals surface area contributed by atoms with Crippen molar-refractivity contribution in [1.82, 2.24) is 10.3 Å². The first-order valence-corrected chi connectivity index (χ1v) is 7.90. The Morgan fingerprint density at radius 2 is 1.77 bits per heavy atom. The molecule has 0 aromatic heterocycles. The number of esters is 1. The SMILES string of the molecule is COC(=O)c1ccc(/C=N\N2C(=O)N[C@@](C)(c3ccccc3)C2=O)cc1. The van der Waals surface area contributed by atoms with E-state index in [1.165, 1.54) is 13.3 Å². The number of methoxy groups -OCH3 is 1. The minimum absolute atomic E-state index is 0.399. The number of hydrogen-bond donors (Lipinski definition) is 1. The molecule has 2 aromatic carbocycles. The van der Waals surface area contributed by atoms with Crippen LogP contribution in [0.4, 0.5) is 4.79 Å². The van der Waals surface area contributed by atoms with Crippen LogP contribution in [0.25, 0.3) is 0 Å². The number of hydrazone groups is 1. The number of nitrogens with one attached hydrogen (secondary N) is 1. The summed E-state index contributed by atoms with van der Waals surface area (Å²) in [4.78, 5) is 36.3. The highest BCUT2D eigenvalue weighted by atomic mass is 16.5. The summed E-state index contributed by atoms with van der Waals surface area (Å²) in [6.45, 7) is 1.64. The molecule has 3 amide bonds. The van der Waals surface area contributed by atoms with Gasteiger partial charge in [-0.2, -0.15) is 5.10 Å². The van der Waals surface area contributed by atoms with E-state index in [0.29, 0.717) is 16.7 Å². The molecule has 1 atom stereocenters. The second-order valence-corrected chi connectivity index (χ2v) is 5.90. The van der Waals surface area contributed by atoms with Gasteiger partial charge >= 0.3 is 12.0 Å². The van der Waals surface area contributed by atoms with E-state index >= 15 is 0 Å². The fraction of sp³-hybridized carbons (Fsp3) is 0.158. The van der Waals surface area contributed by atoms with Gasteiger partial charge in [-0.05, 0) is 30.2 Å². The lowest BCUT2D eigenvalue weighted by Crippen LogP contribution is -2.40. The third-order valence-electron chi connectivity index (χ3n) is 4.17. The molecule has 0 spiro atoms. The maximum Gasteiger partial charge on any atom is 0.346 e. The highest BCUT2D eigenvalue weighted by Gasteiger charge is 2.49. The lowest BCUT2D eigenvalue weighted by atomic mass is 9.92. The Hall–Kier alpha value is -3.48. The first kappa shape index (κ1) is 17.3. The second kappa shape index (κ2) is 6.79. The predicted molar refractivity (Wildman–Crippen MR) is 94.5 cm³/mol. The molecule has 132 valence electrons. The maximum atomic E-state index is 12.7. The molecule has 1 aliphatic rings. The zero-order chi connectivity index (χ0) is 18.7. The number of carbonyl (C=O) groups is 3. The van der Waals surface area contributed by atoms with Crippen LogP contribution in [0.3, 0.4) is 0 Å². The van der Waals surface area contributed by atoms with Crippen LogP contribution in [0.15, 0.2) is 59.7 Å². The standard InChI is InChI=1S/C19H17N3O4/c1-19(15-6-4-3-5-7-15)17(24)22(18(25)21-19)20-12-13-8-10-14(11-9-13)16(23)26-2/h3-12H,1-2H3,(H,21,25)/b20-12-/t19-/m0/s1. The third kappa shape index (κ3) is 3.06. The highest BCUT2D eigenvalue weighted by Crippen LogP contribution is 2.28. The predicted octanol–water partition coefficient (Wildman–Crippen LogP) is 2.27. The van der Waals surface area contributed by atoms with Crippen molar-refractivity contribution in [2.24, 2.45) is 5.10 Å². The number of carbonyl (C=O) groups excluding carboxylic acids is 3. The normalized spacial score (nSPS) is 19.7. The number of ether oxygens (including phenoxy) is 1. The fourth-order valence-electron chi connectivity index (χ4n) is 2.64. The Morgan fingerprint density at radius 1 is 1.12 bits per heavy atom. The second-order valence-electron chi connectivity index (χ2n) is 5.90. The van der Waals surface area contributed by atoms with Crippen LogP contribution in [0.1, 0.15) is 28.4 Å². The van der Waals surface area contributed by atoms with E-state index < -0.39 is 23.4 Å². The highest BCUT2D eigenvalue weighted by molar-refractivity contribution is 6.07. The minimum Gasteiger partial charge on any atom is -0.465 e. The quantitative estimate of drug-likeness (QED) is 0.520. The summed E-state index contributed by atoms with van der Waals surface area (Å²) >= 11 is 0. The van der Waals surface area contributed by atoms with E-state index in [0.717, 1.165) is 5.01 Å². The molecule has 2 aromatic rings. The molecule has 0 radical (unpaired) electrons. The summed E-state index contributed by atoms with van der Waals surface area (Å²) in [5, 5.41) is 7.49. The number of rotatable bonds is 4. The molecule has 0 saturated carbocycles. The maximum absolute atomic E-state index is 12.7. The molecule has 1 N–H and O–H groups in total. The molecule has 1 heterocycles. The van der Waals surface area contributed by atoms with Crippen molar-refractivity contribution in [3.63, 3.8) is 0 Å².